The lowest BCUT2D eigenvalue weighted by molar-refractivity contribution is -0.137. The van der Waals surface area contributed by atoms with E-state index in [1.807, 2.05) is 13.8 Å². The summed E-state index contributed by atoms with van der Waals surface area (Å²) in [6, 6.07) is 8.42. The van der Waals surface area contributed by atoms with E-state index in [4.69, 9.17) is 0 Å². The first-order valence-electron chi connectivity index (χ1n) is 8.55. The van der Waals surface area contributed by atoms with Gasteiger partial charge in [-0.2, -0.15) is 18.3 Å². The highest BCUT2D eigenvalue weighted by molar-refractivity contribution is 5.97. The molecule has 8 heteroatoms. The highest BCUT2D eigenvalue weighted by atomic mass is 19.4. The summed E-state index contributed by atoms with van der Waals surface area (Å²) in [5, 5.41) is 4.22. The minimum Gasteiger partial charge on any atom is -0.339 e. The van der Waals surface area contributed by atoms with Crippen LogP contribution in [0.5, 0.6) is 0 Å². The van der Waals surface area contributed by atoms with E-state index < -0.39 is 11.7 Å². The number of aromatic nitrogens is 3. The number of halogens is 3. The Morgan fingerprint density at radius 2 is 1.78 bits per heavy atom. The van der Waals surface area contributed by atoms with Crippen LogP contribution in [0.15, 0.2) is 55.0 Å². The van der Waals surface area contributed by atoms with E-state index in [1.165, 1.54) is 23.0 Å². The predicted octanol–water partition coefficient (Wildman–Crippen LogP) is 4.16. The van der Waals surface area contributed by atoms with Gasteiger partial charge in [0.2, 0.25) is 0 Å². The number of hydrogen-bond acceptors (Lipinski definition) is 2. The molecule has 0 aliphatic rings. The molecule has 0 spiro atoms. The molecule has 0 bridgehead atoms. The van der Waals surface area contributed by atoms with Crippen LogP contribution >= 0.6 is 0 Å². The van der Waals surface area contributed by atoms with Gasteiger partial charge in [-0.3, -0.25) is 4.79 Å². The molecule has 2 heterocycles. The van der Waals surface area contributed by atoms with Gasteiger partial charge in [0.15, 0.2) is 5.82 Å². The first-order chi connectivity index (χ1) is 12.9. The van der Waals surface area contributed by atoms with Crippen molar-refractivity contribution in [1.29, 1.82) is 0 Å². The van der Waals surface area contributed by atoms with Gasteiger partial charge in [-0.05, 0) is 44.2 Å². The molecule has 0 radical (unpaired) electrons. The third-order valence-corrected chi connectivity index (χ3v) is 4.29. The lowest BCUT2D eigenvalue weighted by Crippen LogP contribution is -2.31. The van der Waals surface area contributed by atoms with Crippen molar-refractivity contribution in [3.8, 4) is 11.5 Å². The number of amides is 1. The van der Waals surface area contributed by atoms with E-state index in [2.05, 4.69) is 5.10 Å². The van der Waals surface area contributed by atoms with Crippen LogP contribution in [-0.4, -0.2) is 38.2 Å². The Labute approximate surface area is 154 Å². The van der Waals surface area contributed by atoms with E-state index in [9.17, 15) is 18.0 Å². The molecule has 3 rings (SSSR count). The van der Waals surface area contributed by atoms with Crippen molar-refractivity contribution in [3.05, 3.63) is 66.1 Å². The van der Waals surface area contributed by atoms with E-state index in [-0.39, 0.29) is 11.6 Å². The first-order valence-corrected chi connectivity index (χ1v) is 8.55. The standard InChI is InChI=1S/C19H19F3N4O/c1-3-24(4-2)18(27)16-13-23-26(17(16)25-10-5-6-11-25)15-9-7-8-14(12-15)19(20,21)22/h5-13H,3-4H2,1-2H3. The molecule has 0 aliphatic heterocycles. The van der Waals surface area contributed by atoms with Gasteiger partial charge in [0.25, 0.3) is 5.91 Å². The molecule has 142 valence electrons. The third-order valence-electron chi connectivity index (χ3n) is 4.29. The molecule has 1 amide bonds. The lowest BCUT2D eigenvalue weighted by atomic mass is 10.2. The number of carbonyl (C=O) groups excluding carboxylic acids is 1. The number of nitrogens with zero attached hydrogens (tertiary/aromatic N) is 4. The molecule has 5 nitrogen and oxygen atoms in total. The lowest BCUT2D eigenvalue weighted by Gasteiger charge is -2.19. The van der Waals surface area contributed by atoms with E-state index in [1.54, 1.807) is 34.0 Å². The van der Waals surface area contributed by atoms with Crippen molar-refractivity contribution in [3.63, 3.8) is 0 Å². The quantitative estimate of drug-likeness (QED) is 0.671. The average Bonchev–Trinajstić information content (AvgIpc) is 3.31. The largest absolute Gasteiger partial charge is 0.416 e. The number of benzene rings is 1. The van der Waals surface area contributed by atoms with Crippen molar-refractivity contribution in [2.45, 2.75) is 20.0 Å². The fraction of sp³-hybridized carbons (Fsp3) is 0.263. The van der Waals surface area contributed by atoms with Gasteiger partial charge in [0.1, 0.15) is 5.56 Å². The van der Waals surface area contributed by atoms with Crippen molar-refractivity contribution in [1.82, 2.24) is 19.2 Å². The summed E-state index contributed by atoms with van der Waals surface area (Å²) in [6.45, 7) is 4.78. The molecule has 27 heavy (non-hydrogen) atoms. The molecular weight excluding hydrogens is 357 g/mol. The second-order valence-electron chi connectivity index (χ2n) is 5.91. The highest BCUT2D eigenvalue weighted by Gasteiger charge is 2.31. The Bertz CT molecular complexity index is 925. The molecule has 0 fully saturated rings. The molecule has 0 saturated heterocycles. The molecule has 1 aromatic carbocycles. The average molecular weight is 376 g/mol. The van der Waals surface area contributed by atoms with Crippen molar-refractivity contribution >= 4 is 5.91 Å². The Hall–Kier alpha value is -3.03. The zero-order valence-corrected chi connectivity index (χ0v) is 14.9. The maximum Gasteiger partial charge on any atom is 0.416 e. The van der Waals surface area contributed by atoms with Gasteiger partial charge in [-0.1, -0.05) is 6.07 Å². The van der Waals surface area contributed by atoms with Gasteiger partial charge in [-0.25, -0.2) is 4.68 Å². The van der Waals surface area contributed by atoms with Crippen molar-refractivity contribution in [2.75, 3.05) is 13.1 Å². The summed E-state index contributed by atoms with van der Waals surface area (Å²) in [7, 11) is 0. The first kappa shape index (κ1) is 18.8. The normalized spacial score (nSPS) is 11.6. The number of carbonyl (C=O) groups is 1. The fourth-order valence-electron chi connectivity index (χ4n) is 2.90. The van der Waals surface area contributed by atoms with Crippen LogP contribution in [0.2, 0.25) is 0 Å². The smallest absolute Gasteiger partial charge is 0.339 e. The van der Waals surface area contributed by atoms with Crippen LogP contribution in [0.1, 0.15) is 29.8 Å². The van der Waals surface area contributed by atoms with E-state index in [0.29, 0.717) is 24.5 Å². The van der Waals surface area contributed by atoms with Gasteiger partial charge < -0.3 is 9.47 Å². The second kappa shape index (κ2) is 7.30. The third kappa shape index (κ3) is 3.60. The summed E-state index contributed by atoms with van der Waals surface area (Å²) in [5.41, 5.74) is -0.218. The summed E-state index contributed by atoms with van der Waals surface area (Å²) in [6.07, 6.45) is 0.382. The predicted molar refractivity (Wildman–Crippen MR) is 95.1 cm³/mol. The molecule has 0 aliphatic carbocycles. The second-order valence-corrected chi connectivity index (χ2v) is 5.91. The Morgan fingerprint density at radius 3 is 2.37 bits per heavy atom. The summed E-state index contributed by atoms with van der Waals surface area (Å²) < 4.78 is 42.3. The molecule has 3 aromatic rings. The number of hydrogen-bond donors (Lipinski definition) is 0. The van der Waals surface area contributed by atoms with Crippen LogP contribution in [0.25, 0.3) is 11.5 Å². The maximum absolute atomic E-state index is 13.1. The van der Waals surface area contributed by atoms with E-state index in [0.717, 1.165) is 12.1 Å². The Kier molecular flexibility index (Phi) is 5.07. The number of rotatable bonds is 5. The molecule has 0 atom stereocenters. The molecule has 0 N–H and O–H groups in total. The molecular formula is C19H19F3N4O. The fourth-order valence-corrected chi connectivity index (χ4v) is 2.90. The van der Waals surface area contributed by atoms with Crippen LogP contribution in [0.4, 0.5) is 13.2 Å². The van der Waals surface area contributed by atoms with E-state index >= 15 is 0 Å². The summed E-state index contributed by atoms with van der Waals surface area (Å²) in [4.78, 5) is 14.5. The SMILES string of the molecule is CCN(CC)C(=O)c1cnn(-c2cccc(C(F)(F)F)c2)c1-n1cccc1. The monoisotopic (exact) mass is 376 g/mol. The van der Waals surface area contributed by atoms with Crippen molar-refractivity contribution < 1.29 is 18.0 Å². The zero-order chi connectivity index (χ0) is 19.6. The van der Waals surface area contributed by atoms with Crippen LogP contribution in [0.3, 0.4) is 0 Å². The van der Waals surface area contributed by atoms with Gasteiger partial charge in [-0.15, -0.1) is 0 Å². The minimum absolute atomic E-state index is 0.220. The van der Waals surface area contributed by atoms with Crippen LogP contribution in [0, 0.1) is 0 Å². The maximum atomic E-state index is 13.1. The van der Waals surface area contributed by atoms with Crippen LogP contribution < -0.4 is 0 Å². The Balaban J connectivity index is 2.17. The van der Waals surface area contributed by atoms with Crippen LogP contribution in [-0.2, 0) is 6.18 Å². The topological polar surface area (TPSA) is 43.1 Å². The minimum atomic E-state index is -4.46. The Morgan fingerprint density at radius 1 is 1.11 bits per heavy atom. The number of alkyl halides is 3. The van der Waals surface area contributed by atoms with Gasteiger partial charge >= 0.3 is 6.18 Å². The molecule has 0 unspecified atom stereocenters. The van der Waals surface area contributed by atoms with Gasteiger partial charge in [0, 0.05) is 25.5 Å². The molecule has 0 saturated carbocycles. The molecule has 2 aromatic heterocycles. The summed E-state index contributed by atoms with van der Waals surface area (Å²) in [5.74, 6) is 0.179. The summed E-state index contributed by atoms with van der Waals surface area (Å²) >= 11 is 0. The highest BCUT2D eigenvalue weighted by Crippen LogP contribution is 2.31. The van der Waals surface area contributed by atoms with Gasteiger partial charge in [0.05, 0.1) is 17.4 Å². The zero-order valence-electron chi connectivity index (χ0n) is 14.9. The van der Waals surface area contributed by atoms with Crippen molar-refractivity contribution in [2.24, 2.45) is 0 Å².